The molecular weight excluding hydrogens is 1790 g/mol. The van der Waals surface area contributed by atoms with Gasteiger partial charge in [-0.05, 0) is 284 Å². The van der Waals surface area contributed by atoms with Crippen molar-refractivity contribution in [2.24, 2.45) is 37.4 Å². The molecule has 12 aromatic rings. The topological polar surface area (TPSA) is 291 Å². The van der Waals surface area contributed by atoms with Gasteiger partial charge < -0.3 is 5.11 Å². The van der Waals surface area contributed by atoms with Gasteiger partial charge in [-0.1, -0.05) is 28.3 Å². The lowest BCUT2D eigenvalue weighted by Crippen LogP contribution is -2.60. The molecule has 9 heterocycles. The van der Waals surface area contributed by atoms with Gasteiger partial charge in [-0.15, -0.1) is 5.10 Å². The lowest BCUT2D eigenvalue weighted by Gasteiger charge is -2.53. The van der Waals surface area contributed by atoms with Gasteiger partial charge in [-0.2, -0.15) is 38.7 Å². The van der Waals surface area contributed by atoms with Crippen molar-refractivity contribution in [1.29, 1.82) is 0 Å². The van der Waals surface area contributed by atoms with Crippen LogP contribution < -0.4 is 0 Å². The number of alkyl halides is 5. The molecule has 26 nitrogen and oxygen atoms in total. The Kier molecular flexibility index (Phi) is 24.6. The molecule has 0 aliphatic heterocycles. The lowest BCUT2D eigenvalue weighted by molar-refractivity contribution is -0.140. The Bertz CT molecular complexity index is 6960. The quantitative estimate of drug-likeness (QED) is 0.0375. The van der Waals surface area contributed by atoms with Crippen LogP contribution in [0, 0.1) is 47.5 Å². The molecule has 38 heteroatoms. The lowest BCUT2D eigenvalue weighted by atomic mass is 9.60. The van der Waals surface area contributed by atoms with Crippen LogP contribution in [0.4, 0.5) is 35.1 Å². The largest absolute Gasteiger partial charge is 0.402 e. The summed E-state index contributed by atoms with van der Waals surface area (Å²) in [5.74, 6) is 10.1. The van der Waals surface area contributed by atoms with E-state index in [4.69, 9.17) is 11.6 Å². The van der Waals surface area contributed by atoms with Crippen molar-refractivity contribution in [2.45, 2.75) is 168 Å². The SMILES string of the molecule is C=S(=O)(c1cnn(C)c1)N(CC(F)(F)F)[C@H]1CCC2=Cc3c(cnn3-c3ccc(F)cc3)C[C@]2(C(=O)c2cc(Cl)ccn2)C1.C=S(=O)(c1cnn(C)c1)N(CC(F)F)[C@H]1CCC2=Cc3c(cnn3-c3ccc(F)cc3)C[C@]2(C(=O)c2cc(C)ccn2)C1.C=S(=O)(c1ncn(C)n1)N(C1CC(C)(O)C1)[C@H]1CCC2=Cc3c(cnn3-c3ccc(F)cc3)C[C@]2(C(=O)c2cc(C)ccn2)C1. The van der Waals surface area contributed by atoms with Crippen LogP contribution in [-0.4, -0.2) is 200 Å². The number of halogens is 9. The summed E-state index contributed by atoms with van der Waals surface area (Å²) in [5.41, 5.74) is 7.45. The molecule has 688 valence electrons. The van der Waals surface area contributed by atoms with E-state index in [2.05, 4.69) is 74.2 Å². The average molecular weight is 1890 g/mol. The summed E-state index contributed by atoms with van der Waals surface area (Å²) in [5, 5.41) is 37.3. The fourth-order valence-corrected chi connectivity index (χ4v) is 25.8. The Balaban J connectivity index is 0.000000138. The first-order chi connectivity index (χ1) is 62.6. The van der Waals surface area contributed by atoms with Gasteiger partial charge in [0, 0.05) is 81.3 Å². The maximum absolute atomic E-state index is 14.7. The number of hydrogen-bond acceptors (Lipinski definition) is 17. The highest BCUT2D eigenvalue weighted by Crippen LogP contribution is 2.57. The molecular formula is C94H94ClF8N19O7S3. The number of Topliss-reactive ketones (excluding diaryl/α,β-unsaturated/α-hetero) is 3. The zero-order chi connectivity index (χ0) is 93.7. The second-order valence-corrected chi connectivity index (χ2v) is 42.5. The number of allylic oxidation sites excluding steroid dienone is 3. The van der Waals surface area contributed by atoms with Crippen LogP contribution in [0.1, 0.15) is 154 Å². The van der Waals surface area contributed by atoms with Crippen LogP contribution in [0.25, 0.3) is 35.3 Å². The molecule has 7 aliphatic rings. The maximum atomic E-state index is 14.7. The van der Waals surface area contributed by atoms with Crippen molar-refractivity contribution in [3.63, 3.8) is 0 Å². The monoisotopic (exact) mass is 1880 g/mol. The molecule has 1 N–H and O–H groups in total. The van der Waals surface area contributed by atoms with Crippen LogP contribution >= 0.6 is 11.6 Å². The Hall–Kier alpha value is -11.8. The number of pyridine rings is 3. The van der Waals surface area contributed by atoms with Gasteiger partial charge in [0.15, 0.2) is 17.3 Å². The van der Waals surface area contributed by atoms with Gasteiger partial charge in [0.25, 0.3) is 6.43 Å². The van der Waals surface area contributed by atoms with E-state index in [1.807, 2.05) is 42.4 Å². The number of aryl methyl sites for hydroxylation is 5. The van der Waals surface area contributed by atoms with Gasteiger partial charge in [0.2, 0.25) is 5.16 Å². The molecule has 7 aliphatic carbocycles. The highest BCUT2D eigenvalue weighted by molar-refractivity contribution is 7.98. The number of carbonyl (C=O) groups is 3. The smallest absolute Gasteiger partial charge is 0.390 e. The van der Waals surface area contributed by atoms with E-state index >= 15 is 0 Å². The van der Waals surface area contributed by atoms with Crippen molar-refractivity contribution >= 4 is 93.9 Å². The first-order valence-corrected chi connectivity index (χ1v) is 48.1. The third kappa shape index (κ3) is 17.8. The first-order valence-electron chi connectivity index (χ1n) is 42.7. The van der Waals surface area contributed by atoms with Gasteiger partial charge in [0.1, 0.15) is 47.4 Å². The van der Waals surface area contributed by atoms with E-state index < -0.39 is 100 Å². The third-order valence-electron chi connectivity index (χ3n) is 26.3. The van der Waals surface area contributed by atoms with E-state index in [1.165, 1.54) is 104 Å². The van der Waals surface area contributed by atoms with Gasteiger partial charge in [0.05, 0.1) is 132 Å². The highest BCUT2D eigenvalue weighted by atomic mass is 35.5. The normalized spacial score (nSPS) is 23.3. The van der Waals surface area contributed by atoms with Crippen molar-refractivity contribution < 1.29 is 67.2 Å². The van der Waals surface area contributed by atoms with Gasteiger partial charge >= 0.3 is 6.18 Å². The molecule has 0 saturated heterocycles. The van der Waals surface area contributed by atoms with Crippen LogP contribution in [0.3, 0.4) is 0 Å². The molecule has 19 rings (SSSR count). The van der Waals surface area contributed by atoms with Crippen LogP contribution in [0.2, 0.25) is 5.02 Å². The molecule has 3 aromatic carbocycles. The molecule has 0 bridgehead atoms. The van der Waals surface area contributed by atoms with Crippen molar-refractivity contribution in [3.8, 4) is 17.1 Å². The Morgan fingerprint density at radius 2 is 0.886 bits per heavy atom. The molecule has 9 atom stereocenters. The number of rotatable bonds is 22. The van der Waals surface area contributed by atoms with Gasteiger partial charge in [-0.25, -0.2) is 66.5 Å². The Morgan fingerprint density at radius 1 is 0.508 bits per heavy atom. The first kappa shape index (κ1) is 92.0. The molecule has 132 heavy (non-hydrogen) atoms. The van der Waals surface area contributed by atoms with E-state index in [9.17, 15) is 67.2 Å². The number of ketones is 3. The maximum Gasteiger partial charge on any atom is 0.402 e. The van der Waals surface area contributed by atoms with Crippen LogP contribution in [0.15, 0.2) is 209 Å². The summed E-state index contributed by atoms with van der Waals surface area (Å²) in [6.07, 6.45) is 19.6. The number of hydrogen-bond donors (Lipinski definition) is 1. The second-order valence-electron chi connectivity index (χ2n) is 35.5. The number of fused-ring (bicyclic) bond motifs is 6. The molecule has 0 radical (unpaired) electrons. The molecule has 0 spiro atoms. The molecule has 4 fully saturated rings. The van der Waals surface area contributed by atoms with Crippen molar-refractivity contribution in [3.05, 3.63) is 279 Å². The second kappa shape index (κ2) is 35.3. The predicted octanol–water partition coefficient (Wildman–Crippen LogP) is 14.9. The van der Waals surface area contributed by atoms with E-state index in [-0.39, 0.29) is 105 Å². The summed E-state index contributed by atoms with van der Waals surface area (Å²) >= 11 is 6.21. The Morgan fingerprint density at radius 3 is 1.24 bits per heavy atom. The van der Waals surface area contributed by atoms with E-state index in [0.29, 0.717) is 85.3 Å². The Labute approximate surface area is 762 Å². The summed E-state index contributed by atoms with van der Waals surface area (Å²) in [7, 11) is -5.23. The summed E-state index contributed by atoms with van der Waals surface area (Å²) in [4.78, 5) is 61.5. The number of carbonyl (C=O) groups excluding carboxylic acids is 3. The minimum atomic E-state index is -4.69. The molecule has 9 aromatic heterocycles. The summed E-state index contributed by atoms with van der Waals surface area (Å²) < 4.78 is 168. The minimum Gasteiger partial charge on any atom is -0.390 e. The highest BCUT2D eigenvalue weighted by Gasteiger charge is 2.58. The van der Waals surface area contributed by atoms with Gasteiger partial charge in [-0.3, -0.25) is 43.4 Å². The fraction of sp³-hybridized carbons (Fsp3) is 0.340. The number of nitrogens with zero attached hydrogens (tertiary/aromatic N) is 19. The number of aromatic nitrogens is 16. The number of benzene rings is 3. The predicted molar refractivity (Wildman–Crippen MR) is 485 cm³/mol. The number of aliphatic hydroxyl groups is 1. The van der Waals surface area contributed by atoms with Crippen molar-refractivity contribution in [1.82, 2.24) is 91.5 Å². The molecule has 4 saturated carbocycles. The van der Waals surface area contributed by atoms with E-state index in [1.54, 1.807) is 122 Å². The molecule has 3 unspecified atom stereocenters. The minimum absolute atomic E-state index is 0.0639. The fourth-order valence-electron chi connectivity index (χ4n) is 20.1. The zero-order valence-electron chi connectivity index (χ0n) is 72.8. The van der Waals surface area contributed by atoms with Crippen LogP contribution in [0.5, 0.6) is 0 Å². The average Bonchev–Trinajstić information content (AvgIpc) is 0.867. The summed E-state index contributed by atoms with van der Waals surface area (Å²) in [6, 6.07) is 26.0. The zero-order valence-corrected chi connectivity index (χ0v) is 76.0. The van der Waals surface area contributed by atoms with Crippen LogP contribution in [-0.2, 0) is 69.5 Å². The molecule has 0 amide bonds. The van der Waals surface area contributed by atoms with Crippen molar-refractivity contribution in [2.75, 3.05) is 13.1 Å². The van der Waals surface area contributed by atoms with E-state index in [0.717, 1.165) is 54.8 Å². The summed E-state index contributed by atoms with van der Waals surface area (Å²) in [6.45, 7) is 3.34. The third-order valence-corrected chi connectivity index (χ3v) is 32.8. The standard InChI is InChI=1S/C33H36FN7O3S.C31H31F3N6O2S.C30H27ClF4N6O2S/c1-21-11-12-35-28(13-21)30(42)33-15-22-19-37-40(25-9-6-24(34)7-10-25)29(22)14-23(33)5-8-26(18-33)41(27-16-32(2,43)17-27)45(4,44)31-36-20-39(3)38-31;1-20-10-11-35-27(12-20)30(41)31-14-21-16-37-40(24-8-5-23(32)6-9-24)28(21)13-22(31)4-7-25(15-31)39(19-29(33)34)43(3,42)26-17-36-38(2)18-26;1-39-17-25(16-37-39)44(2,43)40(18-30(33,34)35)24-6-3-20-11-27-19(15-38-41(27)23-7-4-22(32)5-8-23)13-29(20,14-24)28(42)26-12-21(31)9-10-36-26/h6-7,9-14,19-20,26-27,43H,4-5,8,15-18H2,1-3H3;5-6,8-13,16-18,25,29H,3-4,7,14-15,19H2,1-2H3;4-5,7-12,15-17,24H,2-3,6,13-14,18H2,1H3/t26-,27?,32?,33-,45?;25-,31-,43?;24-,29-,44?/m000/s1.